The maximum Gasteiger partial charge on any atom is 0.295 e. The van der Waals surface area contributed by atoms with Crippen molar-refractivity contribution < 1.29 is 24.2 Å². The smallest absolute Gasteiger partial charge is 0.295 e. The Balaban J connectivity index is 1.41. The number of hydrogen-bond donors (Lipinski definition) is 1. The highest BCUT2D eigenvalue weighted by molar-refractivity contribution is 6.46. The molecule has 2 saturated heterocycles. The number of morpholine rings is 1. The monoisotopic (exact) mass is 512 g/mol. The number of ketones is 1. The molecule has 38 heavy (non-hydrogen) atoms. The first-order valence-corrected chi connectivity index (χ1v) is 13.4. The summed E-state index contributed by atoms with van der Waals surface area (Å²) in [7, 11) is 0. The van der Waals surface area contributed by atoms with Crippen molar-refractivity contribution in [2.75, 3.05) is 39.4 Å². The summed E-state index contributed by atoms with van der Waals surface area (Å²) in [6.45, 7) is 6.40. The molecule has 3 aromatic carbocycles. The summed E-state index contributed by atoms with van der Waals surface area (Å²) in [5, 5.41) is 13.6. The number of benzene rings is 3. The summed E-state index contributed by atoms with van der Waals surface area (Å²) in [6.07, 6.45) is 1.52. The van der Waals surface area contributed by atoms with Gasteiger partial charge in [0.25, 0.3) is 11.7 Å². The molecule has 3 heterocycles. The largest absolute Gasteiger partial charge is 0.507 e. The van der Waals surface area contributed by atoms with Crippen LogP contribution in [0.15, 0.2) is 66.2 Å². The molecule has 7 nitrogen and oxygen atoms in total. The van der Waals surface area contributed by atoms with Crippen molar-refractivity contribution in [1.82, 2.24) is 9.80 Å². The molecule has 196 valence electrons. The lowest BCUT2D eigenvalue weighted by Gasteiger charge is -2.29. The van der Waals surface area contributed by atoms with Crippen LogP contribution in [0.1, 0.15) is 36.1 Å². The standard InChI is InChI=1S/C31H32N2O5/c1-20-18-23-19-22(10-11-26(23)38-20)29(34)27-28(25-9-4-7-21-6-2-3-8-24(21)25)33(31(36)30(27)35)13-5-12-32-14-16-37-17-15-32/h2-4,6-11,19-20,28,34H,5,12-18H2,1H3. The molecule has 3 aromatic rings. The van der Waals surface area contributed by atoms with Crippen molar-refractivity contribution in [2.45, 2.75) is 31.9 Å². The van der Waals surface area contributed by atoms with Gasteiger partial charge in [-0.2, -0.15) is 0 Å². The number of Topliss-reactive ketones (excluding diaryl/α,β-unsaturated/α-hetero) is 1. The molecule has 2 unspecified atom stereocenters. The van der Waals surface area contributed by atoms with Gasteiger partial charge in [0.2, 0.25) is 0 Å². The van der Waals surface area contributed by atoms with E-state index in [0.29, 0.717) is 25.3 Å². The van der Waals surface area contributed by atoms with Gasteiger partial charge in [0.15, 0.2) is 0 Å². The van der Waals surface area contributed by atoms with Crippen LogP contribution in [0, 0.1) is 0 Å². The van der Waals surface area contributed by atoms with Crippen molar-refractivity contribution >= 4 is 28.2 Å². The van der Waals surface area contributed by atoms with Gasteiger partial charge in [-0.1, -0.05) is 42.5 Å². The third kappa shape index (κ3) is 4.46. The first kappa shape index (κ1) is 24.6. The summed E-state index contributed by atoms with van der Waals surface area (Å²) in [5.41, 5.74) is 2.50. The zero-order valence-electron chi connectivity index (χ0n) is 21.6. The fourth-order valence-corrected chi connectivity index (χ4v) is 5.94. The quantitative estimate of drug-likeness (QED) is 0.301. The van der Waals surface area contributed by atoms with E-state index in [4.69, 9.17) is 9.47 Å². The van der Waals surface area contributed by atoms with E-state index in [1.807, 2.05) is 61.5 Å². The van der Waals surface area contributed by atoms with Crippen molar-refractivity contribution in [3.05, 3.63) is 82.9 Å². The number of likely N-dealkylation sites (tertiary alicyclic amines) is 1. The van der Waals surface area contributed by atoms with Gasteiger partial charge in [-0.25, -0.2) is 0 Å². The second-order valence-corrected chi connectivity index (χ2v) is 10.3. The Morgan fingerprint density at radius 2 is 1.79 bits per heavy atom. The van der Waals surface area contributed by atoms with Crippen LogP contribution >= 0.6 is 0 Å². The highest BCUT2D eigenvalue weighted by atomic mass is 16.5. The molecule has 3 aliphatic heterocycles. The second kappa shape index (κ2) is 10.2. The molecule has 0 radical (unpaired) electrons. The average Bonchev–Trinajstić information content (AvgIpc) is 3.44. The van der Waals surface area contributed by atoms with E-state index in [9.17, 15) is 14.7 Å². The normalized spacial score (nSPS) is 23.1. The highest BCUT2D eigenvalue weighted by Crippen LogP contribution is 2.42. The summed E-state index contributed by atoms with van der Waals surface area (Å²) in [4.78, 5) is 31.0. The Bertz CT molecular complexity index is 1420. The van der Waals surface area contributed by atoms with Crippen LogP contribution in [-0.2, 0) is 20.7 Å². The van der Waals surface area contributed by atoms with Crippen molar-refractivity contribution in [3.63, 3.8) is 0 Å². The van der Waals surface area contributed by atoms with Gasteiger partial charge >= 0.3 is 0 Å². The Morgan fingerprint density at radius 3 is 2.63 bits per heavy atom. The third-order valence-electron chi connectivity index (χ3n) is 7.80. The van der Waals surface area contributed by atoms with Gasteiger partial charge in [0.1, 0.15) is 17.6 Å². The number of carbonyl (C=O) groups excluding carboxylic acids is 2. The minimum Gasteiger partial charge on any atom is -0.507 e. The number of aliphatic hydroxyl groups excluding tert-OH is 1. The molecule has 6 rings (SSSR count). The molecule has 1 amide bonds. The van der Waals surface area contributed by atoms with E-state index in [1.165, 1.54) is 0 Å². The van der Waals surface area contributed by atoms with Gasteiger partial charge in [0, 0.05) is 38.2 Å². The minimum absolute atomic E-state index is 0.0649. The summed E-state index contributed by atoms with van der Waals surface area (Å²) in [5.74, 6) is -0.552. The number of hydrogen-bond acceptors (Lipinski definition) is 6. The van der Waals surface area contributed by atoms with Crippen LogP contribution in [0.5, 0.6) is 5.75 Å². The molecular formula is C31H32N2O5. The average molecular weight is 513 g/mol. The number of nitrogens with zero attached hydrogens (tertiary/aromatic N) is 2. The molecule has 2 fully saturated rings. The van der Waals surface area contributed by atoms with Gasteiger partial charge in [-0.3, -0.25) is 14.5 Å². The van der Waals surface area contributed by atoms with Crippen molar-refractivity contribution in [2.24, 2.45) is 0 Å². The lowest BCUT2D eigenvalue weighted by atomic mass is 9.91. The van der Waals surface area contributed by atoms with E-state index < -0.39 is 17.7 Å². The number of amides is 1. The molecule has 0 bridgehead atoms. The molecular weight excluding hydrogens is 480 g/mol. The van der Waals surface area contributed by atoms with Crippen molar-refractivity contribution in [1.29, 1.82) is 0 Å². The van der Waals surface area contributed by atoms with Gasteiger partial charge < -0.3 is 19.5 Å². The Kier molecular flexibility index (Phi) is 6.64. The molecule has 3 aliphatic rings. The first-order valence-electron chi connectivity index (χ1n) is 13.4. The maximum absolute atomic E-state index is 13.5. The topological polar surface area (TPSA) is 79.3 Å². The molecule has 2 atom stereocenters. The zero-order valence-corrected chi connectivity index (χ0v) is 21.6. The zero-order chi connectivity index (χ0) is 26.2. The van der Waals surface area contributed by atoms with E-state index in [1.54, 1.807) is 11.0 Å². The van der Waals surface area contributed by atoms with Crippen LogP contribution in [0.25, 0.3) is 16.5 Å². The Morgan fingerprint density at radius 1 is 1.00 bits per heavy atom. The van der Waals surface area contributed by atoms with Crippen LogP contribution < -0.4 is 4.74 Å². The second-order valence-electron chi connectivity index (χ2n) is 10.3. The lowest BCUT2D eigenvalue weighted by molar-refractivity contribution is -0.140. The first-order chi connectivity index (χ1) is 18.5. The van der Waals surface area contributed by atoms with Gasteiger partial charge in [-0.15, -0.1) is 0 Å². The van der Waals surface area contributed by atoms with E-state index in [2.05, 4.69) is 4.90 Å². The molecule has 7 heteroatoms. The molecule has 0 spiro atoms. The lowest BCUT2D eigenvalue weighted by Crippen LogP contribution is -2.39. The van der Waals surface area contributed by atoms with Crippen LogP contribution in [0.2, 0.25) is 0 Å². The third-order valence-corrected chi connectivity index (χ3v) is 7.80. The van der Waals surface area contributed by atoms with Crippen LogP contribution in [0.4, 0.5) is 0 Å². The van der Waals surface area contributed by atoms with E-state index in [-0.39, 0.29) is 17.4 Å². The number of carbonyl (C=O) groups is 2. The minimum atomic E-state index is -0.672. The van der Waals surface area contributed by atoms with E-state index in [0.717, 1.165) is 60.1 Å². The van der Waals surface area contributed by atoms with Crippen LogP contribution in [-0.4, -0.2) is 72.1 Å². The molecule has 1 N–H and O–H groups in total. The fraction of sp³-hybridized carbons (Fsp3) is 0.355. The number of rotatable bonds is 6. The van der Waals surface area contributed by atoms with E-state index >= 15 is 0 Å². The van der Waals surface area contributed by atoms with Gasteiger partial charge in [0.05, 0.1) is 24.8 Å². The number of fused-ring (bicyclic) bond motifs is 2. The van der Waals surface area contributed by atoms with Crippen LogP contribution in [0.3, 0.4) is 0 Å². The summed E-state index contributed by atoms with van der Waals surface area (Å²) in [6, 6.07) is 18.7. The molecule has 0 saturated carbocycles. The molecule has 0 aliphatic carbocycles. The predicted octanol–water partition coefficient (Wildman–Crippen LogP) is 4.31. The maximum atomic E-state index is 13.5. The summed E-state index contributed by atoms with van der Waals surface area (Å²) < 4.78 is 11.3. The highest BCUT2D eigenvalue weighted by Gasteiger charge is 2.46. The van der Waals surface area contributed by atoms with Gasteiger partial charge in [-0.05, 0) is 53.4 Å². The SMILES string of the molecule is CC1Cc2cc(C(O)=C3C(=O)C(=O)N(CCCN4CCOCC4)C3c3cccc4ccccc34)ccc2O1. The number of aliphatic hydroxyl groups is 1. The Hall–Kier alpha value is -3.68. The van der Waals surface area contributed by atoms with Crippen molar-refractivity contribution in [3.8, 4) is 5.75 Å². The fourth-order valence-electron chi connectivity index (χ4n) is 5.94. The Labute approximate surface area is 222 Å². The predicted molar refractivity (Wildman–Crippen MR) is 145 cm³/mol. The molecule has 0 aromatic heterocycles. The number of ether oxygens (including phenoxy) is 2. The summed E-state index contributed by atoms with van der Waals surface area (Å²) >= 11 is 0.